The number of fused-ring (bicyclic) bond motifs is 1. The summed E-state index contributed by atoms with van der Waals surface area (Å²) in [5.74, 6) is 2.05. The fraction of sp³-hybridized carbons (Fsp3) is 0.476. The van der Waals surface area contributed by atoms with Gasteiger partial charge in [0.15, 0.2) is 5.96 Å². The molecule has 1 aromatic heterocycles. The summed E-state index contributed by atoms with van der Waals surface area (Å²) >= 11 is 0. The van der Waals surface area contributed by atoms with Crippen LogP contribution in [0.25, 0.3) is 11.0 Å². The Labute approximate surface area is 178 Å². The van der Waals surface area contributed by atoms with Crippen LogP contribution in [0, 0.1) is 0 Å². The standard InChI is InChI=1S/C21H28N4O.HI/c1-2-22-21(25-14-10-18(16-25)24-12-5-6-13-24)23-11-9-19-15-17-7-3-4-8-20(17)26-19;/h3-8,15,18H,2,9-14,16H2,1H3,(H,22,23);1H. The molecule has 27 heavy (non-hydrogen) atoms. The Kier molecular flexibility index (Phi) is 7.18. The van der Waals surface area contributed by atoms with Crippen molar-refractivity contribution in [3.63, 3.8) is 0 Å². The maximum absolute atomic E-state index is 5.90. The maximum atomic E-state index is 5.90. The zero-order valence-electron chi connectivity index (χ0n) is 15.9. The molecule has 1 saturated heterocycles. The Morgan fingerprint density at radius 1 is 1.26 bits per heavy atom. The average molecular weight is 480 g/mol. The van der Waals surface area contributed by atoms with Crippen LogP contribution in [0.1, 0.15) is 19.1 Å². The quantitative estimate of drug-likeness (QED) is 0.308. The van der Waals surface area contributed by atoms with Crippen molar-refractivity contribution < 1.29 is 4.42 Å². The van der Waals surface area contributed by atoms with E-state index in [4.69, 9.17) is 9.41 Å². The summed E-state index contributed by atoms with van der Waals surface area (Å²) in [7, 11) is 0. The van der Waals surface area contributed by atoms with Gasteiger partial charge in [-0.2, -0.15) is 0 Å². The molecule has 146 valence electrons. The van der Waals surface area contributed by atoms with Gasteiger partial charge in [0.25, 0.3) is 0 Å². The third-order valence-electron chi connectivity index (χ3n) is 5.26. The first kappa shape index (κ1) is 20.2. The van der Waals surface area contributed by atoms with Crippen molar-refractivity contribution in [3.05, 3.63) is 48.2 Å². The molecule has 4 rings (SSSR count). The third kappa shape index (κ3) is 4.85. The van der Waals surface area contributed by atoms with E-state index in [0.717, 1.165) is 63.0 Å². The number of likely N-dealkylation sites (tertiary alicyclic amines) is 1. The molecule has 2 aliphatic heterocycles. The first-order valence-corrected chi connectivity index (χ1v) is 9.73. The Morgan fingerprint density at radius 2 is 2.07 bits per heavy atom. The summed E-state index contributed by atoms with van der Waals surface area (Å²) in [6.07, 6.45) is 6.59. The number of benzene rings is 1. The zero-order valence-corrected chi connectivity index (χ0v) is 18.3. The summed E-state index contributed by atoms with van der Waals surface area (Å²) in [5, 5.41) is 4.63. The van der Waals surface area contributed by atoms with Gasteiger partial charge in [-0.3, -0.25) is 9.89 Å². The number of furan rings is 1. The van der Waals surface area contributed by atoms with Crippen molar-refractivity contribution in [1.82, 2.24) is 15.1 Å². The topological polar surface area (TPSA) is 44.0 Å². The zero-order chi connectivity index (χ0) is 17.8. The first-order chi connectivity index (χ1) is 12.8. The lowest BCUT2D eigenvalue weighted by Crippen LogP contribution is -2.43. The highest BCUT2D eigenvalue weighted by Gasteiger charge is 2.29. The highest BCUT2D eigenvalue weighted by atomic mass is 127. The van der Waals surface area contributed by atoms with Crippen LogP contribution in [-0.4, -0.2) is 61.1 Å². The molecule has 0 radical (unpaired) electrons. The largest absolute Gasteiger partial charge is 0.461 e. The Bertz CT molecular complexity index is 759. The van der Waals surface area contributed by atoms with Crippen molar-refractivity contribution in [2.24, 2.45) is 4.99 Å². The molecule has 0 bridgehead atoms. The minimum absolute atomic E-state index is 0. The molecule has 1 N–H and O–H groups in total. The van der Waals surface area contributed by atoms with Crippen LogP contribution in [0.3, 0.4) is 0 Å². The fourth-order valence-corrected chi connectivity index (χ4v) is 3.88. The number of guanidine groups is 1. The normalized spacial score (nSPS) is 20.4. The minimum atomic E-state index is 0. The molecule has 1 unspecified atom stereocenters. The number of halogens is 1. The third-order valence-corrected chi connectivity index (χ3v) is 5.26. The van der Waals surface area contributed by atoms with Crippen LogP contribution in [0.5, 0.6) is 0 Å². The van der Waals surface area contributed by atoms with Gasteiger partial charge in [-0.05, 0) is 25.5 Å². The van der Waals surface area contributed by atoms with Gasteiger partial charge in [0.1, 0.15) is 11.3 Å². The average Bonchev–Trinajstić information content (AvgIpc) is 3.39. The van der Waals surface area contributed by atoms with E-state index in [0.29, 0.717) is 6.04 Å². The molecule has 0 saturated carbocycles. The Hall–Kier alpha value is -1.54. The summed E-state index contributed by atoms with van der Waals surface area (Å²) in [6, 6.07) is 10.9. The van der Waals surface area contributed by atoms with E-state index in [1.807, 2.05) is 18.2 Å². The molecule has 2 aromatic rings. The second kappa shape index (κ2) is 9.59. The number of hydrogen-bond donors (Lipinski definition) is 1. The SMILES string of the molecule is CCNC(=NCCc1cc2ccccc2o1)N1CCC(N2CC=CC2)C1.I. The van der Waals surface area contributed by atoms with Gasteiger partial charge in [-0.15, -0.1) is 24.0 Å². The van der Waals surface area contributed by atoms with Gasteiger partial charge in [0.2, 0.25) is 0 Å². The van der Waals surface area contributed by atoms with Gasteiger partial charge in [0.05, 0.1) is 0 Å². The molecule has 1 atom stereocenters. The number of hydrogen-bond acceptors (Lipinski definition) is 3. The van der Waals surface area contributed by atoms with Gasteiger partial charge in [0, 0.05) is 57.1 Å². The van der Waals surface area contributed by atoms with Crippen LogP contribution in [-0.2, 0) is 6.42 Å². The molecule has 6 heteroatoms. The molecule has 5 nitrogen and oxygen atoms in total. The Morgan fingerprint density at radius 3 is 2.85 bits per heavy atom. The van der Waals surface area contributed by atoms with Crippen molar-refractivity contribution in [3.8, 4) is 0 Å². The predicted octanol–water partition coefficient (Wildman–Crippen LogP) is 3.50. The molecular formula is C21H29IN4O. The van der Waals surface area contributed by atoms with Crippen LogP contribution < -0.4 is 5.32 Å². The van der Waals surface area contributed by atoms with E-state index in [9.17, 15) is 0 Å². The number of aliphatic imine (C=N–C) groups is 1. The van der Waals surface area contributed by atoms with E-state index in [1.54, 1.807) is 0 Å². The van der Waals surface area contributed by atoms with E-state index < -0.39 is 0 Å². The summed E-state index contributed by atoms with van der Waals surface area (Å²) in [5.41, 5.74) is 0.958. The molecule has 1 aromatic carbocycles. The highest BCUT2D eigenvalue weighted by Crippen LogP contribution is 2.20. The summed E-state index contributed by atoms with van der Waals surface area (Å²) < 4.78 is 5.90. The molecule has 1 fully saturated rings. The smallest absolute Gasteiger partial charge is 0.193 e. The van der Waals surface area contributed by atoms with Crippen molar-refractivity contribution in [1.29, 1.82) is 0 Å². The van der Waals surface area contributed by atoms with Gasteiger partial charge >= 0.3 is 0 Å². The second-order valence-electron chi connectivity index (χ2n) is 7.05. The number of nitrogens with one attached hydrogen (secondary N) is 1. The van der Waals surface area contributed by atoms with Gasteiger partial charge < -0.3 is 14.6 Å². The lowest BCUT2D eigenvalue weighted by atomic mass is 10.2. The van der Waals surface area contributed by atoms with Crippen molar-refractivity contribution in [2.45, 2.75) is 25.8 Å². The molecule has 0 aliphatic carbocycles. The van der Waals surface area contributed by atoms with Gasteiger partial charge in [-0.1, -0.05) is 30.4 Å². The molecule has 0 spiro atoms. The lowest BCUT2D eigenvalue weighted by molar-refractivity contribution is 0.259. The summed E-state index contributed by atoms with van der Waals surface area (Å²) in [4.78, 5) is 9.82. The maximum Gasteiger partial charge on any atom is 0.193 e. The van der Waals surface area contributed by atoms with Crippen LogP contribution in [0.4, 0.5) is 0 Å². The molecular weight excluding hydrogens is 451 g/mol. The molecule has 0 amide bonds. The van der Waals surface area contributed by atoms with Crippen LogP contribution >= 0.6 is 24.0 Å². The fourth-order valence-electron chi connectivity index (χ4n) is 3.88. The monoisotopic (exact) mass is 480 g/mol. The number of nitrogens with zero attached hydrogens (tertiary/aromatic N) is 3. The second-order valence-corrected chi connectivity index (χ2v) is 7.05. The predicted molar refractivity (Wildman–Crippen MR) is 122 cm³/mol. The molecule has 2 aliphatic rings. The minimum Gasteiger partial charge on any atom is -0.461 e. The number of rotatable bonds is 5. The highest BCUT2D eigenvalue weighted by molar-refractivity contribution is 14.0. The van der Waals surface area contributed by atoms with E-state index in [1.165, 1.54) is 11.8 Å². The number of para-hydroxylation sites is 1. The van der Waals surface area contributed by atoms with E-state index >= 15 is 0 Å². The van der Waals surface area contributed by atoms with Gasteiger partial charge in [-0.25, -0.2) is 0 Å². The van der Waals surface area contributed by atoms with E-state index in [2.05, 4.69) is 46.3 Å². The Balaban J connectivity index is 0.00000210. The molecule has 3 heterocycles. The van der Waals surface area contributed by atoms with Crippen molar-refractivity contribution >= 4 is 40.9 Å². The van der Waals surface area contributed by atoms with E-state index in [-0.39, 0.29) is 24.0 Å². The summed E-state index contributed by atoms with van der Waals surface area (Å²) in [6.45, 7) is 8.11. The lowest BCUT2D eigenvalue weighted by Gasteiger charge is -2.25. The van der Waals surface area contributed by atoms with Crippen LogP contribution in [0.15, 0.2) is 51.9 Å². The first-order valence-electron chi connectivity index (χ1n) is 9.73. The van der Waals surface area contributed by atoms with Crippen molar-refractivity contribution in [2.75, 3.05) is 39.3 Å². The van der Waals surface area contributed by atoms with Crippen LogP contribution in [0.2, 0.25) is 0 Å².